The molecule has 0 heterocycles. The first-order valence-corrected chi connectivity index (χ1v) is 6.93. The maximum Gasteiger partial charge on any atom is 0.132 e. The van der Waals surface area contributed by atoms with E-state index in [0.29, 0.717) is 11.7 Å². The van der Waals surface area contributed by atoms with E-state index in [9.17, 15) is 4.79 Å². The number of rotatable bonds is 3. The van der Waals surface area contributed by atoms with Crippen molar-refractivity contribution < 1.29 is 4.79 Å². The maximum atomic E-state index is 11.2. The molecule has 0 aliphatic heterocycles. The minimum atomic E-state index is 0.435. The Hall–Kier alpha value is -0.830. The molecule has 1 aliphatic rings. The third-order valence-corrected chi connectivity index (χ3v) is 4.13. The maximum absolute atomic E-state index is 11.2. The third-order valence-electron chi connectivity index (χ3n) is 3.46. The van der Waals surface area contributed by atoms with Gasteiger partial charge in [-0.15, -0.1) is 0 Å². The van der Waals surface area contributed by atoms with E-state index in [0.717, 1.165) is 36.7 Å². The second-order valence-corrected chi connectivity index (χ2v) is 5.67. The van der Waals surface area contributed by atoms with E-state index in [1.165, 1.54) is 5.69 Å². The molecule has 0 unspecified atom stereocenters. The van der Waals surface area contributed by atoms with Gasteiger partial charge in [0.25, 0.3) is 0 Å². The molecule has 1 fully saturated rings. The first-order valence-electron chi connectivity index (χ1n) is 6.14. The Morgan fingerprint density at radius 1 is 1.29 bits per heavy atom. The number of halogens is 1. The zero-order valence-corrected chi connectivity index (χ0v) is 11.7. The lowest BCUT2D eigenvalue weighted by molar-refractivity contribution is -0.120. The summed E-state index contributed by atoms with van der Waals surface area (Å²) >= 11 is 3.58. The Bertz CT molecular complexity index is 395. The lowest BCUT2D eigenvalue weighted by Gasteiger charge is -2.28. The average molecular weight is 296 g/mol. The van der Waals surface area contributed by atoms with Crippen molar-refractivity contribution in [3.63, 3.8) is 0 Å². The summed E-state index contributed by atoms with van der Waals surface area (Å²) in [5.41, 5.74) is 1.23. The monoisotopic (exact) mass is 295 g/mol. The van der Waals surface area contributed by atoms with Gasteiger partial charge in [-0.2, -0.15) is 0 Å². The molecule has 1 aliphatic carbocycles. The first-order chi connectivity index (χ1) is 8.16. The summed E-state index contributed by atoms with van der Waals surface area (Å²) in [4.78, 5) is 13.5. The highest BCUT2D eigenvalue weighted by Crippen LogP contribution is 2.28. The average Bonchev–Trinajstić information content (AvgIpc) is 2.32. The number of Topliss-reactive ketones (excluding diaryl/α,β-unsaturated/α-hetero) is 1. The highest BCUT2D eigenvalue weighted by molar-refractivity contribution is 9.10. The Morgan fingerprint density at radius 3 is 2.59 bits per heavy atom. The molecular formula is C14H18BrNO. The molecule has 2 nitrogen and oxygen atoms in total. The van der Waals surface area contributed by atoms with Crippen LogP contribution in [-0.2, 0) is 4.79 Å². The number of nitrogens with zero attached hydrogens (tertiary/aromatic N) is 1. The smallest absolute Gasteiger partial charge is 0.132 e. The number of para-hydroxylation sites is 1. The summed E-state index contributed by atoms with van der Waals surface area (Å²) in [6.45, 7) is 1.04. The lowest BCUT2D eigenvalue weighted by atomic mass is 9.88. The van der Waals surface area contributed by atoms with E-state index < -0.39 is 0 Å². The molecule has 1 aromatic rings. The summed E-state index contributed by atoms with van der Waals surface area (Å²) in [7, 11) is 2.12. The molecular weight excluding hydrogens is 278 g/mol. The molecule has 0 bridgehead atoms. The number of hydrogen-bond acceptors (Lipinski definition) is 2. The quantitative estimate of drug-likeness (QED) is 0.848. The number of anilines is 1. The topological polar surface area (TPSA) is 20.3 Å². The zero-order chi connectivity index (χ0) is 12.3. The summed E-state index contributed by atoms with van der Waals surface area (Å²) in [5, 5.41) is 0. The van der Waals surface area contributed by atoms with Crippen LogP contribution in [0.25, 0.3) is 0 Å². The molecule has 17 heavy (non-hydrogen) atoms. The van der Waals surface area contributed by atoms with Gasteiger partial charge in [-0.05, 0) is 46.8 Å². The number of carbonyl (C=O) groups excluding carboxylic acids is 1. The number of carbonyl (C=O) groups is 1. The van der Waals surface area contributed by atoms with Crippen molar-refractivity contribution in [2.75, 3.05) is 18.5 Å². The van der Waals surface area contributed by atoms with Crippen LogP contribution < -0.4 is 4.90 Å². The normalized spacial score (nSPS) is 17.2. The predicted molar refractivity (Wildman–Crippen MR) is 74.4 cm³/mol. The molecule has 0 amide bonds. The fourth-order valence-electron chi connectivity index (χ4n) is 2.43. The highest BCUT2D eigenvalue weighted by atomic mass is 79.9. The Labute approximate surface area is 111 Å². The molecule has 1 saturated carbocycles. The van der Waals surface area contributed by atoms with Gasteiger partial charge in [0.2, 0.25) is 0 Å². The molecule has 0 N–H and O–H groups in total. The van der Waals surface area contributed by atoms with Gasteiger partial charge in [-0.25, -0.2) is 0 Å². The van der Waals surface area contributed by atoms with Crippen molar-refractivity contribution in [3.8, 4) is 0 Å². The van der Waals surface area contributed by atoms with Crippen LogP contribution in [0.5, 0.6) is 0 Å². The van der Waals surface area contributed by atoms with Crippen molar-refractivity contribution in [1.82, 2.24) is 0 Å². The van der Waals surface area contributed by atoms with Crippen LogP contribution in [0.3, 0.4) is 0 Å². The summed E-state index contributed by atoms with van der Waals surface area (Å²) < 4.78 is 1.13. The molecule has 0 radical (unpaired) electrons. The van der Waals surface area contributed by atoms with Crippen LogP contribution >= 0.6 is 15.9 Å². The van der Waals surface area contributed by atoms with E-state index in [4.69, 9.17) is 0 Å². The molecule has 92 valence electrons. The van der Waals surface area contributed by atoms with E-state index in [1.807, 2.05) is 6.07 Å². The zero-order valence-electron chi connectivity index (χ0n) is 10.2. The highest BCUT2D eigenvalue weighted by Gasteiger charge is 2.20. The van der Waals surface area contributed by atoms with Gasteiger partial charge in [0, 0.05) is 30.9 Å². The molecule has 0 atom stereocenters. The van der Waals surface area contributed by atoms with Crippen LogP contribution in [0, 0.1) is 5.92 Å². The third kappa shape index (κ3) is 3.32. The van der Waals surface area contributed by atoms with E-state index in [-0.39, 0.29) is 0 Å². The van der Waals surface area contributed by atoms with Crippen LogP contribution in [-0.4, -0.2) is 19.4 Å². The van der Waals surface area contributed by atoms with Gasteiger partial charge in [0.15, 0.2) is 0 Å². The van der Waals surface area contributed by atoms with Gasteiger partial charge >= 0.3 is 0 Å². The van der Waals surface area contributed by atoms with Gasteiger partial charge in [-0.3, -0.25) is 4.79 Å². The largest absolute Gasteiger partial charge is 0.373 e. The Kier molecular flexibility index (Phi) is 4.21. The van der Waals surface area contributed by atoms with Crippen molar-refractivity contribution in [2.45, 2.75) is 25.7 Å². The standard InChI is InChI=1S/C14H18BrNO/c1-16(14-5-3-2-4-13(14)15)10-11-6-8-12(17)9-7-11/h2-5,11H,6-10H2,1H3. The second kappa shape index (κ2) is 5.67. The molecule has 2 rings (SSSR count). The van der Waals surface area contributed by atoms with Crippen LogP contribution in [0.1, 0.15) is 25.7 Å². The van der Waals surface area contributed by atoms with Crippen LogP contribution in [0.4, 0.5) is 5.69 Å². The SMILES string of the molecule is CN(CC1CCC(=O)CC1)c1ccccc1Br. The summed E-state index contributed by atoms with van der Waals surface area (Å²) in [6, 6.07) is 8.27. The van der Waals surface area contributed by atoms with Gasteiger partial charge in [0.05, 0.1) is 5.69 Å². The summed E-state index contributed by atoms with van der Waals surface area (Å²) in [6.07, 6.45) is 3.64. The van der Waals surface area contributed by atoms with Crippen LogP contribution in [0.2, 0.25) is 0 Å². The van der Waals surface area contributed by atoms with Gasteiger partial charge in [0.1, 0.15) is 5.78 Å². The Morgan fingerprint density at radius 2 is 1.94 bits per heavy atom. The van der Waals surface area contributed by atoms with E-state index in [1.54, 1.807) is 0 Å². The summed E-state index contributed by atoms with van der Waals surface area (Å²) in [5.74, 6) is 1.09. The van der Waals surface area contributed by atoms with Crippen molar-refractivity contribution >= 4 is 27.4 Å². The fourth-order valence-corrected chi connectivity index (χ4v) is 3.02. The Balaban J connectivity index is 1.95. The van der Waals surface area contributed by atoms with Crippen LogP contribution in [0.15, 0.2) is 28.7 Å². The lowest BCUT2D eigenvalue weighted by Crippen LogP contribution is -2.28. The van der Waals surface area contributed by atoms with Gasteiger partial charge < -0.3 is 4.90 Å². The number of benzene rings is 1. The predicted octanol–water partition coefficient (Wildman–Crippen LogP) is 3.64. The minimum absolute atomic E-state index is 0.435. The van der Waals surface area contributed by atoms with E-state index >= 15 is 0 Å². The first kappa shape index (κ1) is 12.6. The number of hydrogen-bond donors (Lipinski definition) is 0. The van der Waals surface area contributed by atoms with Crippen molar-refractivity contribution in [1.29, 1.82) is 0 Å². The molecule has 3 heteroatoms. The number of ketones is 1. The minimum Gasteiger partial charge on any atom is -0.373 e. The fraction of sp³-hybridized carbons (Fsp3) is 0.500. The second-order valence-electron chi connectivity index (χ2n) is 4.81. The molecule has 0 saturated heterocycles. The van der Waals surface area contributed by atoms with Crippen molar-refractivity contribution in [3.05, 3.63) is 28.7 Å². The molecule has 0 aromatic heterocycles. The van der Waals surface area contributed by atoms with Crippen molar-refractivity contribution in [2.24, 2.45) is 5.92 Å². The van der Waals surface area contributed by atoms with Gasteiger partial charge in [-0.1, -0.05) is 12.1 Å². The molecule has 0 spiro atoms. The molecule has 1 aromatic carbocycles. The van der Waals surface area contributed by atoms with E-state index in [2.05, 4.69) is 46.1 Å².